The van der Waals surface area contributed by atoms with Crippen LogP contribution in [0.3, 0.4) is 0 Å². The molecule has 1 saturated heterocycles. The maximum atomic E-state index is 14.3. The number of halogens is 1. The third-order valence-corrected chi connectivity index (χ3v) is 7.73. The van der Waals surface area contributed by atoms with Gasteiger partial charge >= 0.3 is 0 Å². The van der Waals surface area contributed by atoms with E-state index in [1.54, 1.807) is 28.8 Å². The zero-order valence-electron chi connectivity index (χ0n) is 21.3. The van der Waals surface area contributed by atoms with Crippen molar-refractivity contribution in [3.05, 3.63) is 47.8 Å². The van der Waals surface area contributed by atoms with Crippen LogP contribution < -0.4 is 10.6 Å². The lowest BCUT2D eigenvalue weighted by Crippen LogP contribution is -2.45. The second-order valence-corrected chi connectivity index (χ2v) is 11.9. The number of sulfonamides is 1. The van der Waals surface area contributed by atoms with Crippen molar-refractivity contribution in [3.63, 3.8) is 0 Å². The number of amides is 1. The summed E-state index contributed by atoms with van der Waals surface area (Å²) < 4.78 is 41.5. The zero-order valence-corrected chi connectivity index (χ0v) is 22.2. The van der Waals surface area contributed by atoms with Crippen LogP contribution in [0.1, 0.15) is 42.6 Å². The number of nitrogens with zero attached hydrogens (tertiary/aromatic N) is 5. The van der Waals surface area contributed by atoms with Crippen molar-refractivity contribution in [3.8, 4) is 17.5 Å². The molecule has 0 aliphatic carbocycles. The second-order valence-electron chi connectivity index (χ2n) is 9.96. The van der Waals surface area contributed by atoms with Crippen LogP contribution >= 0.6 is 0 Å². The molecule has 11 nitrogen and oxygen atoms in total. The number of anilines is 1. The molecular weight excluding hydrogens is 513 g/mol. The van der Waals surface area contributed by atoms with Gasteiger partial charge in [0.05, 0.1) is 58.3 Å². The maximum Gasteiger partial charge on any atom is 0.255 e. The first-order valence-electron chi connectivity index (χ1n) is 12.1. The summed E-state index contributed by atoms with van der Waals surface area (Å²) in [5.41, 5.74) is 1.12. The van der Waals surface area contributed by atoms with Crippen LogP contribution in [0.4, 0.5) is 10.1 Å². The fourth-order valence-corrected chi connectivity index (χ4v) is 5.17. The number of alkyl halides is 1. The summed E-state index contributed by atoms with van der Waals surface area (Å²) in [5.74, 6) is -0.592. The van der Waals surface area contributed by atoms with Gasteiger partial charge in [0.2, 0.25) is 10.0 Å². The van der Waals surface area contributed by atoms with E-state index in [4.69, 9.17) is 5.26 Å². The molecule has 13 heteroatoms. The lowest BCUT2D eigenvalue weighted by molar-refractivity contribution is -0.00177. The third-order valence-electron chi connectivity index (χ3n) is 6.46. The monoisotopic (exact) mass is 543 g/mol. The van der Waals surface area contributed by atoms with Gasteiger partial charge < -0.3 is 15.7 Å². The predicted octanol–water partition coefficient (Wildman–Crippen LogP) is 1.94. The van der Waals surface area contributed by atoms with Crippen LogP contribution in [0.5, 0.6) is 0 Å². The standard InChI is InChI=1S/C25H30FN7O4S/c1-25(2,35)23(26)14-29-24(34)19-13-28-21(22-7-6-18-9-16(11-27)12-30-33(18)22)10-20(19)31-17-5-4-8-32(15-17)38(3,36)37/h6-7,9-10,12-13,17,23,35H,4-5,8,14-15H2,1-3H3,(H,28,31)(H,29,34). The number of rotatable bonds is 8. The van der Waals surface area contributed by atoms with E-state index in [0.717, 1.165) is 6.26 Å². The Hall–Kier alpha value is -3.60. The molecule has 2 atom stereocenters. The highest BCUT2D eigenvalue weighted by Gasteiger charge is 2.29. The van der Waals surface area contributed by atoms with E-state index in [2.05, 4.69) is 26.8 Å². The zero-order chi connectivity index (χ0) is 27.7. The fourth-order valence-electron chi connectivity index (χ4n) is 4.26. The van der Waals surface area contributed by atoms with Gasteiger partial charge in [-0.2, -0.15) is 10.4 Å². The summed E-state index contributed by atoms with van der Waals surface area (Å²) in [6, 6.07) is 8.72. The van der Waals surface area contributed by atoms with Crippen LogP contribution in [0.2, 0.25) is 0 Å². The first-order chi connectivity index (χ1) is 17.9. The molecule has 4 heterocycles. The third kappa shape index (κ3) is 6.09. The number of piperidine rings is 1. The Labute approximate surface area is 220 Å². The van der Waals surface area contributed by atoms with Gasteiger partial charge in [-0.1, -0.05) is 0 Å². The maximum absolute atomic E-state index is 14.3. The number of hydrogen-bond donors (Lipinski definition) is 3. The Morgan fingerprint density at radius 2 is 2.11 bits per heavy atom. The molecule has 0 radical (unpaired) electrons. The van der Waals surface area contributed by atoms with Crippen molar-refractivity contribution in [1.82, 2.24) is 24.2 Å². The molecule has 3 aromatic rings. The molecule has 1 fully saturated rings. The molecule has 0 saturated carbocycles. The van der Waals surface area contributed by atoms with Crippen molar-refractivity contribution < 1.29 is 22.7 Å². The molecule has 2 unspecified atom stereocenters. The number of pyridine rings is 1. The molecule has 38 heavy (non-hydrogen) atoms. The quantitative estimate of drug-likeness (QED) is 0.390. The Morgan fingerprint density at radius 1 is 1.34 bits per heavy atom. The molecule has 1 amide bonds. The Balaban J connectivity index is 1.68. The average molecular weight is 544 g/mol. The van der Waals surface area contributed by atoms with Crippen molar-refractivity contribution in [2.45, 2.75) is 44.5 Å². The summed E-state index contributed by atoms with van der Waals surface area (Å²) >= 11 is 0. The van der Waals surface area contributed by atoms with E-state index in [1.165, 1.54) is 30.5 Å². The minimum Gasteiger partial charge on any atom is -0.387 e. The summed E-state index contributed by atoms with van der Waals surface area (Å²) in [6.07, 6.45) is 3.61. The summed E-state index contributed by atoms with van der Waals surface area (Å²) in [4.78, 5) is 17.5. The van der Waals surface area contributed by atoms with E-state index in [1.807, 2.05) is 0 Å². The molecule has 202 valence electrons. The number of carbonyl (C=O) groups is 1. The Morgan fingerprint density at radius 3 is 2.79 bits per heavy atom. The van der Waals surface area contributed by atoms with E-state index >= 15 is 0 Å². The lowest BCUT2D eigenvalue weighted by Gasteiger charge is -2.32. The number of nitriles is 1. The normalized spacial score (nSPS) is 17.6. The summed E-state index contributed by atoms with van der Waals surface area (Å²) in [6.45, 7) is 2.89. The van der Waals surface area contributed by atoms with Crippen molar-refractivity contribution in [1.29, 1.82) is 5.26 Å². The molecule has 4 rings (SSSR count). The predicted molar refractivity (Wildman–Crippen MR) is 140 cm³/mol. The van der Waals surface area contributed by atoms with Gasteiger partial charge in [-0.3, -0.25) is 9.78 Å². The molecule has 1 aliphatic heterocycles. The molecule has 3 aromatic heterocycles. The first-order valence-corrected chi connectivity index (χ1v) is 14.0. The highest BCUT2D eigenvalue weighted by atomic mass is 32.2. The number of nitrogens with one attached hydrogen (secondary N) is 2. The van der Waals surface area contributed by atoms with Gasteiger partial charge in [-0.15, -0.1) is 0 Å². The molecule has 3 N–H and O–H groups in total. The fraction of sp³-hybridized carbons (Fsp3) is 0.440. The van der Waals surface area contributed by atoms with Gasteiger partial charge in [0, 0.05) is 25.3 Å². The van der Waals surface area contributed by atoms with Gasteiger partial charge in [0.15, 0.2) is 0 Å². The van der Waals surface area contributed by atoms with Crippen LogP contribution in [-0.2, 0) is 10.0 Å². The van der Waals surface area contributed by atoms with Gasteiger partial charge in [-0.25, -0.2) is 21.6 Å². The second kappa shape index (κ2) is 10.6. The van der Waals surface area contributed by atoms with Crippen molar-refractivity contribution >= 4 is 27.1 Å². The molecular formula is C25H30FN7O4S. The van der Waals surface area contributed by atoms with Crippen LogP contribution in [0.15, 0.2) is 36.7 Å². The highest BCUT2D eigenvalue weighted by Crippen LogP contribution is 2.27. The smallest absolute Gasteiger partial charge is 0.255 e. The topological polar surface area (TPSA) is 153 Å². The summed E-state index contributed by atoms with van der Waals surface area (Å²) in [5, 5.41) is 29.1. The molecule has 0 bridgehead atoms. The van der Waals surface area contributed by atoms with E-state index < -0.39 is 34.2 Å². The van der Waals surface area contributed by atoms with E-state index in [-0.39, 0.29) is 18.2 Å². The van der Waals surface area contributed by atoms with Crippen LogP contribution in [0, 0.1) is 11.3 Å². The molecule has 0 spiro atoms. The minimum absolute atomic E-state index is 0.147. The number of carbonyl (C=O) groups excluding carboxylic acids is 1. The number of hydrogen-bond acceptors (Lipinski definition) is 8. The van der Waals surface area contributed by atoms with Gasteiger partial charge in [0.1, 0.15) is 12.2 Å². The Bertz CT molecular complexity index is 1490. The van der Waals surface area contributed by atoms with Crippen LogP contribution in [-0.4, -0.2) is 82.0 Å². The van der Waals surface area contributed by atoms with Crippen LogP contribution in [0.25, 0.3) is 16.9 Å². The number of aromatic nitrogens is 3. The van der Waals surface area contributed by atoms with Crippen molar-refractivity contribution in [2.75, 3.05) is 31.2 Å². The Kier molecular flexibility index (Phi) is 7.68. The lowest BCUT2D eigenvalue weighted by atomic mass is 10.0. The van der Waals surface area contributed by atoms with E-state index in [0.29, 0.717) is 47.5 Å². The number of aliphatic hydroxyl groups is 1. The summed E-state index contributed by atoms with van der Waals surface area (Å²) in [7, 11) is -3.38. The first kappa shape index (κ1) is 27.4. The van der Waals surface area contributed by atoms with Crippen molar-refractivity contribution in [2.24, 2.45) is 0 Å². The molecule has 0 aromatic carbocycles. The minimum atomic E-state index is -3.38. The van der Waals surface area contributed by atoms with E-state index in [9.17, 15) is 22.7 Å². The SMILES string of the molecule is CC(C)(O)C(F)CNC(=O)c1cnc(-c2ccc3cc(C#N)cnn23)cc1NC1CCCN(S(C)(=O)=O)C1. The van der Waals surface area contributed by atoms with Gasteiger partial charge in [-0.05, 0) is 51.0 Å². The van der Waals surface area contributed by atoms with Gasteiger partial charge in [0.25, 0.3) is 5.91 Å². The average Bonchev–Trinajstić information content (AvgIpc) is 3.29. The highest BCUT2D eigenvalue weighted by molar-refractivity contribution is 7.88. The number of fused-ring (bicyclic) bond motifs is 1. The largest absolute Gasteiger partial charge is 0.387 e. The molecule has 1 aliphatic rings.